The van der Waals surface area contributed by atoms with Crippen LogP contribution in [0, 0.1) is 6.92 Å². The number of amides is 2. The van der Waals surface area contributed by atoms with Crippen LogP contribution in [0.2, 0.25) is 5.02 Å². The number of likely N-dealkylation sites (N-methyl/N-ethyl adjacent to an activating group) is 1. The third kappa shape index (κ3) is 5.22. The van der Waals surface area contributed by atoms with Gasteiger partial charge in [0.05, 0.1) is 6.61 Å². The maximum Gasteiger partial charge on any atom is 0.313 e. The number of halogens is 1. The molecule has 0 unspecified atom stereocenters. The summed E-state index contributed by atoms with van der Waals surface area (Å²) in [5.41, 5.74) is 2.27. The summed E-state index contributed by atoms with van der Waals surface area (Å²) in [5, 5.41) is 3.20. The van der Waals surface area contributed by atoms with Crippen LogP contribution in [0.5, 0.6) is 5.75 Å². The van der Waals surface area contributed by atoms with Gasteiger partial charge in [0.2, 0.25) is 0 Å². The molecular formula is C19H21ClN2O3. The molecule has 0 aliphatic carbocycles. The minimum absolute atomic E-state index is 0.332. The Kier molecular flexibility index (Phi) is 6.42. The van der Waals surface area contributed by atoms with Gasteiger partial charge in [-0.2, -0.15) is 0 Å². The third-order valence-electron chi connectivity index (χ3n) is 3.63. The van der Waals surface area contributed by atoms with E-state index in [-0.39, 0.29) is 0 Å². The molecule has 0 aliphatic rings. The zero-order valence-electron chi connectivity index (χ0n) is 14.5. The maximum absolute atomic E-state index is 12.3. The number of anilines is 1. The number of hydrogen-bond donors (Lipinski definition) is 1. The Bertz CT molecular complexity index is 760. The van der Waals surface area contributed by atoms with Gasteiger partial charge in [0.15, 0.2) is 0 Å². The molecule has 25 heavy (non-hydrogen) atoms. The summed E-state index contributed by atoms with van der Waals surface area (Å²) >= 11 is 5.89. The number of rotatable bonds is 5. The molecule has 0 atom stereocenters. The summed E-state index contributed by atoms with van der Waals surface area (Å²) in [7, 11) is 1.59. The SMILES string of the molecule is CCOc1ccc(CN(C)C(=O)C(=O)Nc2ccc(Cl)cc2C)cc1. The fraction of sp³-hybridized carbons (Fsp3) is 0.263. The fourth-order valence-electron chi connectivity index (χ4n) is 2.32. The molecule has 0 bridgehead atoms. The summed E-state index contributed by atoms with van der Waals surface area (Å²) in [4.78, 5) is 25.8. The van der Waals surface area contributed by atoms with Crippen molar-refractivity contribution in [2.75, 3.05) is 19.0 Å². The average molecular weight is 361 g/mol. The van der Waals surface area contributed by atoms with Gasteiger partial charge in [-0.15, -0.1) is 0 Å². The van der Waals surface area contributed by atoms with Crippen LogP contribution in [-0.2, 0) is 16.1 Å². The van der Waals surface area contributed by atoms with Crippen molar-refractivity contribution in [1.29, 1.82) is 0 Å². The van der Waals surface area contributed by atoms with E-state index in [2.05, 4.69) is 5.32 Å². The molecule has 5 nitrogen and oxygen atoms in total. The van der Waals surface area contributed by atoms with Gasteiger partial charge in [0, 0.05) is 24.3 Å². The third-order valence-corrected chi connectivity index (χ3v) is 3.87. The molecule has 0 radical (unpaired) electrons. The van der Waals surface area contributed by atoms with E-state index >= 15 is 0 Å². The number of ether oxygens (including phenoxy) is 1. The number of carbonyl (C=O) groups excluding carboxylic acids is 2. The van der Waals surface area contributed by atoms with Crippen molar-refractivity contribution >= 4 is 29.1 Å². The van der Waals surface area contributed by atoms with Crippen LogP contribution in [-0.4, -0.2) is 30.4 Å². The lowest BCUT2D eigenvalue weighted by atomic mass is 10.2. The van der Waals surface area contributed by atoms with Crippen LogP contribution in [0.1, 0.15) is 18.1 Å². The standard InChI is InChI=1S/C19H21ClN2O3/c1-4-25-16-8-5-14(6-9-16)12-22(3)19(24)18(23)21-17-10-7-15(20)11-13(17)2/h5-11H,4,12H2,1-3H3,(H,21,23). The highest BCUT2D eigenvalue weighted by molar-refractivity contribution is 6.39. The van der Waals surface area contributed by atoms with Crippen LogP contribution < -0.4 is 10.1 Å². The lowest BCUT2D eigenvalue weighted by Crippen LogP contribution is -2.36. The Labute approximate surface area is 152 Å². The number of nitrogens with zero attached hydrogens (tertiary/aromatic N) is 1. The van der Waals surface area contributed by atoms with Crippen molar-refractivity contribution in [2.24, 2.45) is 0 Å². The zero-order valence-corrected chi connectivity index (χ0v) is 15.3. The Morgan fingerprint density at radius 3 is 2.44 bits per heavy atom. The molecule has 6 heteroatoms. The summed E-state index contributed by atoms with van der Waals surface area (Å²) < 4.78 is 5.38. The zero-order chi connectivity index (χ0) is 18.4. The molecule has 2 aromatic carbocycles. The fourth-order valence-corrected chi connectivity index (χ4v) is 2.55. The maximum atomic E-state index is 12.3. The second-order valence-electron chi connectivity index (χ2n) is 5.65. The molecule has 0 aliphatic heterocycles. The summed E-state index contributed by atoms with van der Waals surface area (Å²) in [6, 6.07) is 12.5. The van der Waals surface area contributed by atoms with Crippen molar-refractivity contribution in [2.45, 2.75) is 20.4 Å². The molecule has 1 N–H and O–H groups in total. The Morgan fingerprint density at radius 2 is 1.84 bits per heavy atom. The van der Waals surface area contributed by atoms with Gasteiger partial charge >= 0.3 is 11.8 Å². The van der Waals surface area contributed by atoms with E-state index in [1.807, 2.05) is 38.1 Å². The average Bonchev–Trinajstić information content (AvgIpc) is 2.58. The molecule has 2 aromatic rings. The monoisotopic (exact) mass is 360 g/mol. The molecule has 0 heterocycles. The molecule has 0 spiro atoms. The Morgan fingerprint density at radius 1 is 1.16 bits per heavy atom. The first-order valence-electron chi connectivity index (χ1n) is 7.95. The molecule has 0 aromatic heterocycles. The molecule has 2 amide bonds. The highest BCUT2D eigenvalue weighted by atomic mass is 35.5. The van der Waals surface area contributed by atoms with E-state index in [0.29, 0.717) is 23.9 Å². The number of nitrogens with one attached hydrogen (secondary N) is 1. The summed E-state index contributed by atoms with van der Waals surface area (Å²) in [6.45, 7) is 4.66. The number of hydrogen-bond acceptors (Lipinski definition) is 3. The van der Waals surface area contributed by atoms with Crippen molar-refractivity contribution in [3.63, 3.8) is 0 Å². The quantitative estimate of drug-likeness (QED) is 0.828. The van der Waals surface area contributed by atoms with E-state index in [1.165, 1.54) is 4.90 Å². The second-order valence-corrected chi connectivity index (χ2v) is 6.09. The van der Waals surface area contributed by atoms with Gasteiger partial charge in [0.1, 0.15) is 5.75 Å². The minimum atomic E-state index is -0.682. The number of carbonyl (C=O) groups is 2. The topological polar surface area (TPSA) is 58.6 Å². The van der Waals surface area contributed by atoms with Gasteiger partial charge in [-0.25, -0.2) is 0 Å². The highest BCUT2D eigenvalue weighted by Crippen LogP contribution is 2.19. The van der Waals surface area contributed by atoms with Crippen LogP contribution in [0.15, 0.2) is 42.5 Å². The highest BCUT2D eigenvalue weighted by Gasteiger charge is 2.19. The van der Waals surface area contributed by atoms with Gasteiger partial charge in [-0.1, -0.05) is 23.7 Å². The van der Waals surface area contributed by atoms with E-state index in [0.717, 1.165) is 16.9 Å². The largest absolute Gasteiger partial charge is 0.494 e. The first-order valence-corrected chi connectivity index (χ1v) is 8.33. The van der Waals surface area contributed by atoms with Gasteiger partial charge in [-0.3, -0.25) is 9.59 Å². The van der Waals surface area contributed by atoms with E-state index < -0.39 is 11.8 Å². The normalized spacial score (nSPS) is 10.2. The first kappa shape index (κ1) is 18.8. The summed E-state index contributed by atoms with van der Waals surface area (Å²) in [5.74, 6) is -0.515. The lowest BCUT2D eigenvalue weighted by molar-refractivity contribution is -0.142. The molecular weight excluding hydrogens is 340 g/mol. The first-order chi connectivity index (χ1) is 11.9. The Balaban J connectivity index is 1.97. The van der Waals surface area contributed by atoms with Crippen molar-refractivity contribution < 1.29 is 14.3 Å². The minimum Gasteiger partial charge on any atom is -0.494 e. The summed E-state index contributed by atoms with van der Waals surface area (Å²) in [6.07, 6.45) is 0. The number of benzene rings is 2. The smallest absolute Gasteiger partial charge is 0.313 e. The van der Waals surface area contributed by atoms with Gasteiger partial charge in [0.25, 0.3) is 0 Å². The van der Waals surface area contributed by atoms with E-state index in [4.69, 9.17) is 16.3 Å². The Hall–Kier alpha value is -2.53. The number of aryl methyl sites for hydroxylation is 1. The molecule has 0 fully saturated rings. The van der Waals surface area contributed by atoms with Gasteiger partial charge < -0.3 is 15.0 Å². The molecule has 0 saturated heterocycles. The molecule has 2 rings (SSSR count). The van der Waals surface area contributed by atoms with Crippen LogP contribution >= 0.6 is 11.6 Å². The van der Waals surface area contributed by atoms with E-state index in [9.17, 15) is 9.59 Å². The van der Waals surface area contributed by atoms with Crippen molar-refractivity contribution in [1.82, 2.24) is 4.90 Å². The second kappa shape index (κ2) is 8.53. The molecule has 132 valence electrons. The van der Waals surface area contributed by atoms with Crippen molar-refractivity contribution in [3.8, 4) is 5.75 Å². The predicted octanol–water partition coefficient (Wildman–Crippen LogP) is 3.64. The van der Waals surface area contributed by atoms with Crippen LogP contribution in [0.3, 0.4) is 0 Å². The van der Waals surface area contributed by atoms with Crippen LogP contribution in [0.25, 0.3) is 0 Å². The lowest BCUT2D eigenvalue weighted by Gasteiger charge is -2.17. The predicted molar refractivity (Wildman–Crippen MR) is 98.9 cm³/mol. The van der Waals surface area contributed by atoms with Gasteiger partial charge in [-0.05, 0) is 55.3 Å². The van der Waals surface area contributed by atoms with E-state index in [1.54, 1.807) is 25.2 Å². The molecule has 0 saturated carbocycles. The van der Waals surface area contributed by atoms with Crippen molar-refractivity contribution in [3.05, 3.63) is 58.6 Å². The van der Waals surface area contributed by atoms with Crippen LogP contribution in [0.4, 0.5) is 5.69 Å².